The number of rotatable bonds is 7. The predicted molar refractivity (Wildman–Crippen MR) is 108 cm³/mol. The minimum atomic E-state index is 0. The standard InChI is InChI=1S/C20H26N2O.2ClH/c1-21-14-16(12-19-8-4-5-11-22-19)15-23-20-10-9-17-6-2-3-7-18(17)13-20;;/h4-5,8-11,13,16,21H,2-3,6-7,12,14-15H2,1H3;2*1H. The number of aryl methyl sites for hydroxylation is 2. The summed E-state index contributed by atoms with van der Waals surface area (Å²) < 4.78 is 6.09. The zero-order valence-corrected chi connectivity index (χ0v) is 16.4. The zero-order chi connectivity index (χ0) is 15.9. The zero-order valence-electron chi connectivity index (χ0n) is 14.7. The topological polar surface area (TPSA) is 34.1 Å². The van der Waals surface area contributed by atoms with Crippen molar-refractivity contribution < 1.29 is 4.74 Å². The van der Waals surface area contributed by atoms with E-state index >= 15 is 0 Å². The molecule has 0 radical (unpaired) electrons. The van der Waals surface area contributed by atoms with Gasteiger partial charge in [0.1, 0.15) is 5.75 Å². The highest BCUT2D eigenvalue weighted by atomic mass is 35.5. The van der Waals surface area contributed by atoms with Gasteiger partial charge in [0.15, 0.2) is 0 Å². The Morgan fingerprint density at radius 3 is 2.60 bits per heavy atom. The van der Waals surface area contributed by atoms with Crippen molar-refractivity contribution in [3.63, 3.8) is 0 Å². The monoisotopic (exact) mass is 382 g/mol. The van der Waals surface area contributed by atoms with Gasteiger partial charge >= 0.3 is 0 Å². The van der Waals surface area contributed by atoms with Gasteiger partial charge in [-0.25, -0.2) is 0 Å². The molecule has 1 aromatic carbocycles. The number of hydrogen-bond donors (Lipinski definition) is 1. The second-order valence-electron chi connectivity index (χ2n) is 6.40. The Hall–Kier alpha value is -1.29. The van der Waals surface area contributed by atoms with Crippen molar-refractivity contribution in [1.29, 1.82) is 0 Å². The van der Waals surface area contributed by atoms with Crippen LogP contribution in [0.5, 0.6) is 5.75 Å². The molecule has 2 aromatic rings. The first-order chi connectivity index (χ1) is 11.3. The average Bonchev–Trinajstić information content (AvgIpc) is 2.60. The molecule has 1 N–H and O–H groups in total. The number of hydrogen-bond acceptors (Lipinski definition) is 3. The predicted octanol–water partition coefficient (Wildman–Crippen LogP) is 4.26. The molecule has 1 aliphatic carbocycles. The lowest BCUT2D eigenvalue weighted by molar-refractivity contribution is 0.244. The normalized spacial score (nSPS) is 13.8. The van der Waals surface area contributed by atoms with Crippen molar-refractivity contribution in [2.45, 2.75) is 32.1 Å². The fourth-order valence-corrected chi connectivity index (χ4v) is 3.31. The third-order valence-electron chi connectivity index (χ3n) is 4.52. The van der Waals surface area contributed by atoms with E-state index in [4.69, 9.17) is 4.74 Å². The summed E-state index contributed by atoms with van der Waals surface area (Å²) in [4.78, 5) is 4.43. The third-order valence-corrected chi connectivity index (χ3v) is 4.52. The van der Waals surface area contributed by atoms with Crippen LogP contribution in [0.2, 0.25) is 0 Å². The van der Waals surface area contributed by atoms with Crippen LogP contribution in [-0.2, 0) is 19.3 Å². The number of nitrogens with zero attached hydrogens (tertiary/aromatic N) is 1. The van der Waals surface area contributed by atoms with Crippen LogP contribution in [0.15, 0.2) is 42.6 Å². The molecule has 3 rings (SSSR count). The number of nitrogens with one attached hydrogen (secondary N) is 1. The highest BCUT2D eigenvalue weighted by Gasteiger charge is 2.13. The molecular formula is C20H28Cl2N2O. The van der Waals surface area contributed by atoms with Gasteiger partial charge in [-0.05, 0) is 74.5 Å². The second-order valence-corrected chi connectivity index (χ2v) is 6.40. The molecule has 1 aliphatic rings. The molecule has 0 saturated carbocycles. The summed E-state index contributed by atoms with van der Waals surface area (Å²) in [7, 11) is 1.99. The fraction of sp³-hybridized carbons (Fsp3) is 0.450. The third kappa shape index (κ3) is 6.50. The van der Waals surface area contributed by atoms with E-state index in [0.29, 0.717) is 5.92 Å². The van der Waals surface area contributed by atoms with Crippen molar-refractivity contribution >= 4 is 24.8 Å². The van der Waals surface area contributed by atoms with Crippen LogP contribution in [-0.4, -0.2) is 25.2 Å². The van der Waals surface area contributed by atoms with Crippen LogP contribution < -0.4 is 10.1 Å². The van der Waals surface area contributed by atoms with Crippen LogP contribution in [0.1, 0.15) is 29.7 Å². The summed E-state index contributed by atoms with van der Waals surface area (Å²) in [5.74, 6) is 1.43. The molecule has 0 fully saturated rings. The van der Waals surface area contributed by atoms with E-state index in [2.05, 4.69) is 34.6 Å². The summed E-state index contributed by atoms with van der Waals surface area (Å²) in [5, 5.41) is 3.27. The van der Waals surface area contributed by atoms with Gasteiger partial charge < -0.3 is 10.1 Å². The molecule has 0 bridgehead atoms. The summed E-state index contributed by atoms with van der Waals surface area (Å²) in [6.45, 7) is 1.65. The van der Waals surface area contributed by atoms with E-state index in [1.54, 1.807) is 0 Å². The Balaban J connectivity index is 0.00000156. The van der Waals surface area contributed by atoms with E-state index in [9.17, 15) is 0 Å². The first kappa shape index (κ1) is 21.8. The largest absolute Gasteiger partial charge is 0.493 e. The number of benzene rings is 1. The molecule has 138 valence electrons. The first-order valence-electron chi connectivity index (χ1n) is 8.64. The summed E-state index contributed by atoms with van der Waals surface area (Å²) in [6.07, 6.45) is 7.83. The molecule has 1 heterocycles. The van der Waals surface area contributed by atoms with Gasteiger partial charge in [-0.1, -0.05) is 12.1 Å². The molecule has 0 amide bonds. The lowest BCUT2D eigenvalue weighted by Gasteiger charge is -2.19. The molecule has 1 unspecified atom stereocenters. The molecule has 0 saturated heterocycles. The average molecular weight is 383 g/mol. The number of halogens is 2. The van der Waals surface area contributed by atoms with Crippen molar-refractivity contribution in [1.82, 2.24) is 10.3 Å². The molecule has 1 atom stereocenters. The summed E-state index contributed by atoms with van der Waals surface area (Å²) in [6, 6.07) is 12.7. The summed E-state index contributed by atoms with van der Waals surface area (Å²) in [5.41, 5.74) is 4.11. The van der Waals surface area contributed by atoms with Gasteiger partial charge in [-0.3, -0.25) is 4.98 Å². The van der Waals surface area contributed by atoms with Crippen molar-refractivity contribution in [3.05, 3.63) is 59.4 Å². The van der Waals surface area contributed by atoms with Gasteiger partial charge in [-0.15, -0.1) is 24.8 Å². The van der Waals surface area contributed by atoms with Gasteiger partial charge in [0.25, 0.3) is 0 Å². The lowest BCUT2D eigenvalue weighted by atomic mass is 9.92. The Bertz CT molecular complexity index is 622. The molecule has 3 nitrogen and oxygen atoms in total. The van der Waals surface area contributed by atoms with E-state index in [-0.39, 0.29) is 24.8 Å². The smallest absolute Gasteiger partial charge is 0.119 e. The van der Waals surface area contributed by atoms with Crippen molar-refractivity contribution in [2.75, 3.05) is 20.2 Å². The first-order valence-corrected chi connectivity index (χ1v) is 8.64. The maximum atomic E-state index is 6.09. The van der Waals surface area contributed by atoms with Gasteiger partial charge in [-0.2, -0.15) is 0 Å². The van der Waals surface area contributed by atoms with Crippen molar-refractivity contribution in [2.24, 2.45) is 5.92 Å². The Morgan fingerprint density at radius 2 is 1.88 bits per heavy atom. The SMILES string of the molecule is CNCC(COc1ccc2c(c1)CCCC2)Cc1ccccn1.Cl.Cl. The number of aromatic nitrogens is 1. The van der Waals surface area contributed by atoms with E-state index in [1.165, 1.54) is 36.8 Å². The number of fused-ring (bicyclic) bond motifs is 1. The minimum absolute atomic E-state index is 0. The van der Waals surface area contributed by atoms with E-state index in [0.717, 1.165) is 31.0 Å². The second kappa shape index (κ2) is 11.3. The molecule has 5 heteroatoms. The van der Waals surface area contributed by atoms with Crippen LogP contribution in [0, 0.1) is 5.92 Å². The van der Waals surface area contributed by atoms with Gasteiger partial charge in [0.05, 0.1) is 6.61 Å². The van der Waals surface area contributed by atoms with Crippen molar-refractivity contribution in [3.8, 4) is 5.75 Å². The molecule has 1 aromatic heterocycles. The minimum Gasteiger partial charge on any atom is -0.493 e. The number of ether oxygens (including phenoxy) is 1. The van der Waals surface area contributed by atoms with Gasteiger partial charge in [0, 0.05) is 24.4 Å². The molecule has 0 aliphatic heterocycles. The Labute approximate surface area is 163 Å². The van der Waals surface area contributed by atoms with E-state index < -0.39 is 0 Å². The fourth-order valence-electron chi connectivity index (χ4n) is 3.31. The molecule has 0 spiro atoms. The van der Waals surface area contributed by atoms with Gasteiger partial charge in [0.2, 0.25) is 0 Å². The molecular weight excluding hydrogens is 355 g/mol. The van der Waals surface area contributed by atoms with Crippen LogP contribution >= 0.6 is 24.8 Å². The maximum Gasteiger partial charge on any atom is 0.119 e. The van der Waals surface area contributed by atoms with Crippen LogP contribution in [0.4, 0.5) is 0 Å². The van der Waals surface area contributed by atoms with Crippen LogP contribution in [0.3, 0.4) is 0 Å². The highest BCUT2D eigenvalue weighted by molar-refractivity contribution is 5.85. The number of pyridine rings is 1. The maximum absolute atomic E-state index is 6.09. The summed E-state index contributed by atoms with van der Waals surface area (Å²) >= 11 is 0. The molecule has 25 heavy (non-hydrogen) atoms. The highest BCUT2D eigenvalue weighted by Crippen LogP contribution is 2.25. The quantitative estimate of drug-likeness (QED) is 0.776. The Kier molecular flexibility index (Phi) is 9.88. The lowest BCUT2D eigenvalue weighted by Crippen LogP contribution is -2.26. The van der Waals surface area contributed by atoms with Crippen LogP contribution in [0.25, 0.3) is 0 Å². The Morgan fingerprint density at radius 1 is 1.08 bits per heavy atom. The van der Waals surface area contributed by atoms with E-state index in [1.807, 2.05) is 25.4 Å².